The van der Waals surface area contributed by atoms with Gasteiger partial charge in [-0.1, -0.05) is 41.5 Å². The molecule has 10 heteroatoms. The summed E-state index contributed by atoms with van der Waals surface area (Å²) in [4.78, 5) is 54.2. The van der Waals surface area contributed by atoms with Crippen molar-refractivity contribution in [1.29, 1.82) is 0 Å². The molecule has 2 atom stereocenters. The maximum absolute atomic E-state index is 13.5. The summed E-state index contributed by atoms with van der Waals surface area (Å²) in [5, 5.41) is 23.6. The first-order chi connectivity index (χ1) is 13.4. The van der Waals surface area contributed by atoms with Gasteiger partial charge in [-0.25, -0.2) is 0 Å². The molecule has 1 heterocycles. The molecule has 6 N–H and O–H groups in total. The maximum Gasteiger partial charge on any atom is 0.273 e. The molecule has 2 saturated carbocycles. The molecule has 30 heavy (non-hydrogen) atoms. The van der Waals surface area contributed by atoms with E-state index in [1.54, 1.807) is 41.5 Å². The van der Waals surface area contributed by atoms with Crippen LogP contribution in [0.2, 0.25) is 0 Å². The van der Waals surface area contributed by atoms with Crippen LogP contribution in [0.1, 0.15) is 67.2 Å². The summed E-state index contributed by atoms with van der Waals surface area (Å²) >= 11 is 0. The molecule has 1 aliphatic heterocycles. The molecule has 1 saturated heterocycles. The van der Waals surface area contributed by atoms with Crippen LogP contribution in [0.15, 0.2) is 0 Å². The zero-order chi connectivity index (χ0) is 23.3. The number of piperazine rings is 1. The van der Waals surface area contributed by atoms with Crippen molar-refractivity contribution >= 4 is 23.6 Å². The molecule has 0 radical (unpaired) electrons. The zero-order valence-electron chi connectivity index (χ0n) is 18.4. The van der Waals surface area contributed by atoms with Gasteiger partial charge in [0, 0.05) is 10.8 Å². The quantitative estimate of drug-likeness (QED) is 0.451. The number of nitrogens with zero attached hydrogens (tertiary/aromatic N) is 2. The van der Waals surface area contributed by atoms with Crippen LogP contribution >= 0.6 is 0 Å². The number of amides is 4. The van der Waals surface area contributed by atoms with Gasteiger partial charge in [-0.05, 0) is 25.7 Å². The van der Waals surface area contributed by atoms with E-state index in [0.717, 1.165) is 9.80 Å². The van der Waals surface area contributed by atoms with E-state index in [4.69, 9.17) is 11.5 Å². The van der Waals surface area contributed by atoms with E-state index in [-0.39, 0.29) is 25.7 Å². The Labute approximate surface area is 175 Å². The number of carbonyl (C=O) groups is 4. The predicted molar refractivity (Wildman–Crippen MR) is 105 cm³/mol. The van der Waals surface area contributed by atoms with Crippen molar-refractivity contribution in [1.82, 2.24) is 9.80 Å². The molecule has 2 aliphatic carbocycles. The van der Waals surface area contributed by atoms with E-state index >= 15 is 0 Å². The fourth-order valence-corrected chi connectivity index (χ4v) is 4.76. The smallest absolute Gasteiger partial charge is 0.273 e. The van der Waals surface area contributed by atoms with E-state index in [2.05, 4.69) is 0 Å². The molecule has 10 nitrogen and oxygen atoms in total. The highest BCUT2D eigenvalue weighted by molar-refractivity contribution is 6.00. The van der Waals surface area contributed by atoms with Gasteiger partial charge in [-0.2, -0.15) is 0 Å². The standard InChI is InChI=1S/C20H32N4O6/c1-15(2,3)13(27)23-17(7-8-17)20(30,12(22)26)24(14(28)16(4,5)6)18(9-10-18)19(23,29)11(21)25/h29-30H,7-10H2,1-6H3,(H2,21,25)(H2,22,26)/t19-,20-/m0/s1. The number of nitrogens with two attached hydrogens (primary N) is 2. The fourth-order valence-electron chi connectivity index (χ4n) is 4.76. The fraction of sp³-hybridized carbons (Fsp3) is 0.800. The van der Waals surface area contributed by atoms with Crippen LogP contribution in [0.5, 0.6) is 0 Å². The summed E-state index contributed by atoms with van der Waals surface area (Å²) in [5.74, 6) is -3.78. The first-order valence-corrected chi connectivity index (χ1v) is 10.1. The Morgan fingerprint density at radius 2 is 0.900 bits per heavy atom. The first-order valence-electron chi connectivity index (χ1n) is 10.1. The minimum absolute atomic E-state index is 0.0633. The molecular weight excluding hydrogens is 392 g/mol. The van der Waals surface area contributed by atoms with Crippen LogP contribution in [0.4, 0.5) is 0 Å². The largest absolute Gasteiger partial charge is 0.365 e. The predicted octanol–water partition coefficient (Wildman–Crippen LogP) is -0.838. The van der Waals surface area contributed by atoms with Crippen molar-refractivity contribution < 1.29 is 29.4 Å². The summed E-state index contributed by atoms with van der Waals surface area (Å²) < 4.78 is 0. The van der Waals surface area contributed by atoms with Gasteiger partial charge < -0.3 is 21.7 Å². The first kappa shape index (κ1) is 22.5. The molecule has 4 amide bonds. The lowest BCUT2D eigenvalue weighted by atomic mass is 9.76. The van der Waals surface area contributed by atoms with Crippen molar-refractivity contribution in [3.8, 4) is 0 Å². The normalized spacial score (nSPS) is 31.6. The topological polar surface area (TPSA) is 167 Å². The van der Waals surface area contributed by atoms with Crippen LogP contribution in [0.25, 0.3) is 0 Å². The van der Waals surface area contributed by atoms with Crippen molar-refractivity contribution in [2.24, 2.45) is 22.3 Å². The Bertz CT molecular complexity index is 778. The minimum Gasteiger partial charge on any atom is -0.365 e. The van der Waals surface area contributed by atoms with E-state index in [1.165, 1.54) is 0 Å². The third-order valence-electron chi connectivity index (χ3n) is 6.62. The summed E-state index contributed by atoms with van der Waals surface area (Å²) in [6, 6.07) is 0. The molecule has 168 valence electrons. The summed E-state index contributed by atoms with van der Waals surface area (Å²) in [5.41, 5.74) is 0.453. The third-order valence-corrected chi connectivity index (χ3v) is 6.62. The molecule has 0 aromatic rings. The molecular formula is C20H32N4O6. The second-order valence-corrected chi connectivity index (χ2v) is 10.9. The Morgan fingerprint density at radius 1 is 0.667 bits per heavy atom. The molecule has 3 rings (SSSR count). The molecule has 0 aromatic heterocycles. The minimum atomic E-state index is -2.60. The number of carbonyl (C=O) groups excluding carboxylic acids is 4. The number of primary amides is 2. The molecule has 3 aliphatic rings. The van der Waals surface area contributed by atoms with Gasteiger partial charge >= 0.3 is 0 Å². The number of rotatable bonds is 2. The average molecular weight is 424 g/mol. The van der Waals surface area contributed by atoms with Gasteiger partial charge in [-0.15, -0.1) is 0 Å². The molecule has 0 bridgehead atoms. The lowest BCUT2D eigenvalue weighted by Crippen LogP contribution is -2.89. The average Bonchev–Trinajstić information content (AvgIpc) is 3.46. The highest BCUT2D eigenvalue weighted by Crippen LogP contribution is 2.67. The van der Waals surface area contributed by atoms with Crippen molar-refractivity contribution in [2.75, 3.05) is 0 Å². The van der Waals surface area contributed by atoms with Gasteiger partial charge in [0.05, 0.1) is 0 Å². The molecule has 2 spiro atoms. The van der Waals surface area contributed by atoms with E-state index in [1.807, 2.05) is 0 Å². The van der Waals surface area contributed by atoms with Crippen LogP contribution in [-0.2, 0) is 19.2 Å². The Hall–Kier alpha value is -2.20. The Morgan fingerprint density at radius 3 is 1.03 bits per heavy atom. The van der Waals surface area contributed by atoms with E-state index < -0.39 is 57.0 Å². The second kappa shape index (κ2) is 5.73. The van der Waals surface area contributed by atoms with Gasteiger partial charge in [0.25, 0.3) is 11.8 Å². The highest BCUT2D eigenvalue weighted by Gasteiger charge is 2.87. The zero-order valence-corrected chi connectivity index (χ0v) is 18.4. The van der Waals surface area contributed by atoms with Gasteiger partial charge in [-0.3, -0.25) is 29.0 Å². The summed E-state index contributed by atoms with van der Waals surface area (Å²) in [6.45, 7) is 9.51. The maximum atomic E-state index is 13.5. The summed E-state index contributed by atoms with van der Waals surface area (Å²) in [7, 11) is 0. The van der Waals surface area contributed by atoms with Crippen molar-refractivity contribution in [3.05, 3.63) is 0 Å². The van der Waals surface area contributed by atoms with Gasteiger partial charge in [0.15, 0.2) is 0 Å². The van der Waals surface area contributed by atoms with E-state index in [9.17, 15) is 29.4 Å². The van der Waals surface area contributed by atoms with Crippen LogP contribution < -0.4 is 11.5 Å². The second-order valence-electron chi connectivity index (χ2n) is 10.9. The number of hydrogen-bond acceptors (Lipinski definition) is 6. The van der Waals surface area contributed by atoms with Gasteiger partial charge in [0.2, 0.25) is 23.3 Å². The lowest BCUT2D eigenvalue weighted by Gasteiger charge is -2.63. The molecule has 0 aromatic carbocycles. The Balaban J connectivity index is 2.39. The molecule has 3 fully saturated rings. The van der Waals surface area contributed by atoms with Crippen LogP contribution in [-0.4, -0.2) is 66.2 Å². The van der Waals surface area contributed by atoms with E-state index in [0.29, 0.717) is 0 Å². The monoisotopic (exact) mass is 424 g/mol. The third kappa shape index (κ3) is 2.37. The van der Waals surface area contributed by atoms with Crippen LogP contribution in [0.3, 0.4) is 0 Å². The molecule has 0 unspecified atom stereocenters. The van der Waals surface area contributed by atoms with Gasteiger partial charge in [0.1, 0.15) is 11.1 Å². The Kier molecular flexibility index (Phi) is 4.29. The number of aliphatic hydroxyl groups is 2. The number of hydrogen-bond donors (Lipinski definition) is 4. The van der Waals surface area contributed by atoms with Crippen molar-refractivity contribution in [3.63, 3.8) is 0 Å². The SMILES string of the molecule is CC(C)(C)C(=O)N1C2(CC2)[C@@](O)(C(N)=O)N(C(=O)C(C)(C)C)C2(CC2)[C@@]1(O)C(N)=O. The highest BCUT2D eigenvalue weighted by atomic mass is 16.4. The lowest BCUT2D eigenvalue weighted by molar-refractivity contribution is -0.290. The summed E-state index contributed by atoms with van der Waals surface area (Å²) in [6.07, 6.45) is 0.253. The van der Waals surface area contributed by atoms with Crippen LogP contribution in [0, 0.1) is 10.8 Å². The van der Waals surface area contributed by atoms with Crippen molar-refractivity contribution in [2.45, 2.75) is 89.8 Å².